The summed E-state index contributed by atoms with van der Waals surface area (Å²) in [5, 5.41) is 10.7. The highest BCUT2D eigenvalue weighted by atomic mass is 35.5. The maximum atomic E-state index is 11.2. The van der Waals surface area contributed by atoms with Gasteiger partial charge in [0.25, 0.3) is 0 Å². The number of ether oxygens (including phenoxy) is 2. The van der Waals surface area contributed by atoms with Crippen LogP contribution in [0, 0.1) is 0 Å². The van der Waals surface area contributed by atoms with E-state index in [9.17, 15) is 9.90 Å². The van der Waals surface area contributed by atoms with Crippen molar-refractivity contribution in [3.05, 3.63) is 92.4 Å². The van der Waals surface area contributed by atoms with E-state index in [0.29, 0.717) is 32.1 Å². The molecule has 3 rings (SSSR count). The summed E-state index contributed by atoms with van der Waals surface area (Å²) in [7, 11) is 1.44. The van der Waals surface area contributed by atoms with Crippen LogP contribution in [0.15, 0.2) is 60.7 Å². The van der Waals surface area contributed by atoms with Crippen molar-refractivity contribution in [3.63, 3.8) is 0 Å². The van der Waals surface area contributed by atoms with E-state index in [-0.39, 0.29) is 5.56 Å². The largest absolute Gasteiger partial charge is 0.493 e. The molecule has 1 N–H and O–H groups in total. The molecule has 0 spiro atoms. The highest BCUT2D eigenvalue weighted by Crippen LogP contribution is 2.38. The summed E-state index contributed by atoms with van der Waals surface area (Å²) in [5.41, 5.74) is 1.59. The number of rotatable bonds is 6. The molecule has 0 fully saturated rings. The first kappa shape index (κ1) is 20.3. The zero-order valence-corrected chi connectivity index (χ0v) is 16.9. The van der Waals surface area contributed by atoms with Gasteiger partial charge in [-0.1, -0.05) is 53.0 Å². The average molecular weight is 438 g/mol. The molecule has 0 aromatic heterocycles. The Morgan fingerprint density at radius 1 is 0.893 bits per heavy atom. The molecule has 3 aromatic carbocycles. The lowest BCUT2D eigenvalue weighted by Gasteiger charge is -2.23. The minimum Gasteiger partial charge on any atom is -0.493 e. The molecule has 0 saturated heterocycles. The number of methoxy groups -OCH3 is 1. The molecular formula is C21H15Cl3O4. The lowest BCUT2D eigenvalue weighted by Crippen LogP contribution is -2.11. The number of carboxylic acid groups (broad SMARTS) is 1. The van der Waals surface area contributed by atoms with Crippen LogP contribution in [0.4, 0.5) is 0 Å². The molecule has 0 saturated carbocycles. The Bertz CT molecular complexity index is 1000. The number of halogens is 3. The van der Waals surface area contributed by atoms with Gasteiger partial charge in [0.05, 0.1) is 12.7 Å². The average Bonchev–Trinajstić information content (AvgIpc) is 2.67. The molecule has 0 aliphatic carbocycles. The van der Waals surface area contributed by atoms with Gasteiger partial charge in [0.1, 0.15) is 0 Å². The normalized spacial score (nSPS) is 11.7. The summed E-state index contributed by atoms with van der Waals surface area (Å²) in [6, 6.07) is 16.7. The van der Waals surface area contributed by atoms with Crippen LogP contribution in [0.3, 0.4) is 0 Å². The lowest BCUT2D eigenvalue weighted by molar-refractivity contribution is 0.0696. The number of hydrogen-bond donors (Lipinski definition) is 1. The molecular weight excluding hydrogens is 423 g/mol. The summed E-state index contributed by atoms with van der Waals surface area (Å²) in [6.45, 7) is 0. The van der Waals surface area contributed by atoms with Gasteiger partial charge in [0, 0.05) is 20.6 Å². The number of carbonyl (C=O) groups is 1. The van der Waals surface area contributed by atoms with Gasteiger partial charge in [0.2, 0.25) is 0 Å². The van der Waals surface area contributed by atoms with Crippen molar-refractivity contribution in [1.82, 2.24) is 0 Å². The van der Waals surface area contributed by atoms with Crippen LogP contribution in [0.1, 0.15) is 27.6 Å². The predicted octanol–water partition coefficient (Wildman–Crippen LogP) is 6.52. The first-order valence-corrected chi connectivity index (χ1v) is 9.31. The van der Waals surface area contributed by atoms with Crippen molar-refractivity contribution in [2.75, 3.05) is 7.11 Å². The first-order chi connectivity index (χ1) is 13.4. The third-order valence-electron chi connectivity index (χ3n) is 4.07. The third kappa shape index (κ3) is 4.53. The Kier molecular flexibility index (Phi) is 6.35. The zero-order chi connectivity index (χ0) is 20.3. The minimum atomic E-state index is -1.06. The molecule has 144 valence electrons. The van der Waals surface area contributed by atoms with Crippen LogP contribution >= 0.6 is 34.8 Å². The summed E-state index contributed by atoms with van der Waals surface area (Å²) in [6.07, 6.45) is -0.591. The lowest BCUT2D eigenvalue weighted by atomic mass is 10.0. The van der Waals surface area contributed by atoms with Crippen molar-refractivity contribution < 1.29 is 19.4 Å². The van der Waals surface area contributed by atoms with Crippen LogP contribution in [0.5, 0.6) is 11.5 Å². The second kappa shape index (κ2) is 8.74. The van der Waals surface area contributed by atoms with Crippen molar-refractivity contribution in [2.45, 2.75) is 6.10 Å². The number of benzene rings is 3. The third-order valence-corrected chi connectivity index (χ3v) is 4.89. The van der Waals surface area contributed by atoms with Gasteiger partial charge in [0.15, 0.2) is 17.6 Å². The van der Waals surface area contributed by atoms with Crippen LogP contribution in [0.25, 0.3) is 0 Å². The van der Waals surface area contributed by atoms with E-state index in [0.717, 1.165) is 5.56 Å². The quantitative estimate of drug-likeness (QED) is 0.477. The SMILES string of the molecule is COc1cc(C(=O)O)ccc1OC(c1ccc(Cl)cc1)c1ccc(Cl)cc1Cl. The Labute approximate surface area is 177 Å². The van der Waals surface area contributed by atoms with E-state index in [1.807, 2.05) is 12.1 Å². The summed E-state index contributed by atoms with van der Waals surface area (Å²) in [5.74, 6) is -0.387. The van der Waals surface area contributed by atoms with Crippen LogP contribution in [-0.4, -0.2) is 18.2 Å². The highest BCUT2D eigenvalue weighted by Gasteiger charge is 2.22. The van der Waals surface area contributed by atoms with Gasteiger partial charge in [-0.3, -0.25) is 0 Å². The summed E-state index contributed by atoms with van der Waals surface area (Å²) >= 11 is 18.4. The van der Waals surface area contributed by atoms with Gasteiger partial charge in [-0.25, -0.2) is 4.79 Å². The van der Waals surface area contributed by atoms with E-state index < -0.39 is 12.1 Å². The summed E-state index contributed by atoms with van der Waals surface area (Å²) < 4.78 is 11.5. The molecule has 1 atom stereocenters. The Balaban J connectivity index is 2.07. The van der Waals surface area contributed by atoms with Gasteiger partial charge < -0.3 is 14.6 Å². The molecule has 0 radical (unpaired) electrons. The Morgan fingerprint density at radius 3 is 2.18 bits per heavy atom. The molecule has 0 amide bonds. The Morgan fingerprint density at radius 2 is 1.57 bits per heavy atom. The van der Waals surface area contributed by atoms with E-state index in [1.165, 1.54) is 19.2 Å². The fourth-order valence-corrected chi connectivity index (χ4v) is 3.32. The van der Waals surface area contributed by atoms with Crippen molar-refractivity contribution in [1.29, 1.82) is 0 Å². The molecule has 0 bridgehead atoms. The Hall–Kier alpha value is -2.40. The fourth-order valence-electron chi connectivity index (χ4n) is 2.69. The second-order valence-electron chi connectivity index (χ2n) is 5.89. The van der Waals surface area contributed by atoms with Gasteiger partial charge >= 0.3 is 5.97 Å². The van der Waals surface area contributed by atoms with Crippen LogP contribution < -0.4 is 9.47 Å². The molecule has 1 unspecified atom stereocenters. The number of aromatic carboxylic acids is 1. The number of carboxylic acids is 1. The smallest absolute Gasteiger partial charge is 0.335 e. The van der Waals surface area contributed by atoms with E-state index >= 15 is 0 Å². The predicted molar refractivity (Wildman–Crippen MR) is 110 cm³/mol. The maximum Gasteiger partial charge on any atom is 0.335 e. The monoisotopic (exact) mass is 436 g/mol. The van der Waals surface area contributed by atoms with Gasteiger partial charge in [-0.2, -0.15) is 0 Å². The summed E-state index contributed by atoms with van der Waals surface area (Å²) in [4.78, 5) is 11.2. The van der Waals surface area contributed by atoms with Crippen molar-refractivity contribution >= 4 is 40.8 Å². The van der Waals surface area contributed by atoms with E-state index in [4.69, 9.17) is 44.3 Å². The molecule has 0 heterocycles. The molecule has 0 aliphatic rings. The highest BCUT2D eigenvalue weighted by molar-refractivity contribution is 6.35. The minimum absolute atomic E-state index is 0.0942. The molecule has 0 aliphatic heterocycles. The van der Waals surface area contributed by atoms with Crippen molar-refractivity contribution in [3.8, 4) is 11.5 Å². The van der Waals surface area contributed by atoms with Gasteiger partial charge in [-0.15, -0.1) is 0 Å². The molecule has 7 heteroatoms. The second-order valence-corrected chi connectivity index (χ2v) is 7.17. The van der Waals surface area contributed by atoms with Crippen LogP contribution in [-0.2, 0) is 0 Å². The first-order valence-electron chi connectivity index (χ1n) is 8.17. The van der Waals surface area contributed by atoms with Crippen molar-refractivity contribution in [2.24, 2.45) is 0 Å². The van der Waals surface area contributed by atoms with Crippen LogP contribution in [0.2, 0.25) is 15.1 Å². The molecule has 3 aromatic rings. The number of hydrogen-bond acceptors (Lipinski definition) is 3. The molecule has 4 nitrogen and oxygen atoms in total. The zero-order valence-electron chi connectivity index (χ0n) is 14.7. The molecule has 28 heavy (non-hydrogen) atoms. The van der Waals surface area contributed by atoms with Gasteiger partial charge in [-0.05, 0) is 48.0 Å². The van der Waals surface area contributed by atoms with E-state index in [2.05, 4.69) is 0 Å². The van der Waals surface area contributed by atoms with E-state index in [1.54, 1.807) is 36.4 Å². The fraction of sp³-hybridized carbons (Fsp3) is 0.0952. The standard InChI is InChI=1S/C21H15Cl3O4/c1-27-19-10-13(21(25)26)4-9-18(19)28-20(12-2-5-14(22)6-3-12)16-8-7-15(23)11-17(16)24/h2-11,20H,1H3,(H,25,26). The topological polar surface area (TPSA) is 55.8 Å². The maximum absolute atomic E-state index is 11.2.